The van der Waals surface area contributed by atoms with E-state index in [-0.39, 0.29) is 29.1 Å². The predicted octanol–water partition coefficient (Wildman–Crippen LogP) is 2.73. The van der Waals surface area contributed by atoms with Crippen LogP contribution in [0.2, 0.25) is 0 Å². The van der Waals surface area contributed by atoms with Gasteiger partial charge in [0.2, 0.25) is 0 Å². The molecule has 9 heteroatoms. The van der Waals surface area contributed by atoms with E-state index in [2.05, 4.69) is 30.7 Å². The molecular weight excluding hydrogens is 412 g/mol. The molecule has 0 N–H and O–H groups in total. The first-order valence-corrected chi connectivity index (χ1v) is 11.6. The molecule has 3 aromatic rings. The maximum absolute atomic E-state index is 12.9. The number of aryl methyl sites for hydroxylation is 1. The quantitative estimate of drug-likeness (QED) is 0.626. The average molecular weight is 441 g/mol. The standard InChI is InChI=1S/C22H28N6O2S/c1-22(2,3)12-28-16-7-8-18(24-19(16)25(4)21(28)30)26-10-15-6-5-14(26)11-27(15)20(29)17-9-23-13-31-17/h7-9,13-15H,5-6,10-12H2,1-4H3. The van der Waals surface area contributed by atoms with Crippen LogP contribution in [0.1, 0.15) is 43.3 Å². The number of nitrogens with zero attached hydrogens (tertiary/aromatic N) is 6. The fourth-order valence-electron chi connectivity index (χ4n) is 4.87. The molecule has 2 atom stereocenters. The number of fused-ring (bicyclic) bond motifs is 4. The number of aromatic nitrogens is 4. The van der Waals surface area contributed by atoms with Gasteiger partial charge in [0.1, 0.15) is 10.7 Å². The number of hydrogen-bond donors (Lipinski definition) is 0. The number of piperazine rings is 1. The summed E-state index contributed by atoms with van der Waals surface area (Å²) in [6.07, 6.45) is 3.71. The minimum atomic E-state index is -0.0314. The molecule has 3 fully saturated rings. The van der Waals surface area contributed by atoms with Gasteiger partial charge in [-0.2, -0.15) is 0 Å². The van der Waals surface area contributed by atoms with E-state index < -0.39 is 0 Å². The van der Waals surface area contributed by atoms with Crippen LogP contribution in [0, 0.1) is 5.41 Å². The Morgan fingerprint density at radius 2 is 1.97 bits per heavy atom. The normalized spacial score (nSPS) is 21.3. The highest BCUT2D eigenvalue weighted by Gasteiger charge is 2.42. The zero-order valence-corrected chi connectivity index (χ0v) is 19.2. The molecule has 6 rings (SSSR count). The van der Waals surface area contributed by atoms with Crippen LogP contribution in [-0.4, -0.2) is 55.1 Å². The van der Waals surface area contributed by atoms with Crippen molar-refractivity contribution in [2.75, 3.05) is 18.0 Å². The summed E-state index contributed by atoms with van der Waals surface area (Å²) in [5, 5.41) is 0. The van der Waals surface area contributed by atoms with E-state index in [9.17, 15) is 9.59 Å². The van der Waals surface area contributed by atoms with Crippen molar-refractivity contribution in [1.82, 2.24) is 24.0 Å². The number of carbonyl (C=O) groups excluding carboxylic acids is 1. The van der Waals surface area contributed by atoms with Crippen LogP contribution in [-0.2, 0) is 13.6 Å². The Bertz CT molecular complexity index is 1190. The van der Waals surface area contributed by atoms with E-state index in [0.29, 0.717) is 23.6 Å². The second kappa shape index (κ2) is 7.19. The van der Waals surface area contributed by atoms with E-state index in [1.165, 1.54) is 11.3 Å². The van der Waals surface area contributed by atoms with Crippen molar-refractivity contribution in [2.45, 2.75) is 52.2 Å². The topological polar surface area (TPSA) is 76.3 Å². The lowest BCUT2D eigenvalue weighted by atomic mass is 9.90. The van der Waals surface area contributed by atoms with Crippen LogP contribution in [0.15, 0.2) is 28.6 Å². The van der Waals surface area contributed by atoms with Crippen molar-refractivity contribution < 1.29 is 4.79 Å². The van der Waals surface area contributed by atoms with Crippen LogP contribution in [0.25, 0.3) is 11.2 Å². The van der Waals surface area contributed by atoms with Crippen LogP contribution >= 0.6 is 11.3 Å². The average Bonchev–Trinajstić information content (AvgIpc) is 3.36. The summed E-state index contributed by atoms with van der Waals surface area (Å²) in [4.78, 5) is 39.7. The van der Waals surface area contributed by atoms with Crippen LogP contribution in [0.3, 0.4) is 0 Å². The minimum absolute atomic E-state index is 0.00309. The number of carbonyl (C=O) groups is 1. The lowest BCUT2D eigenvalue weighted by Gasteiger charge is -2.51. The van der Waals surface area contributed by atoms with Gasteiger partial charge in [-0.1, -0.05) is 20.8 Å². The van der Waals surface area contributed by atoms with E-state index in [1.807, 2.05) is 21.6 Å². The van der Waals surface area contributed by atoms with Crippen molar-refractivity contribution in [1.29, 1.82) is 0 Å². The van der Waals surface area contributed by atoms with Crippen molar-refractivity contribution >= 4 is 34.2 Å². The lowest BCUT2D eigenvalue weighted by Crippen LogP contribution is -2.64. The highest BCUT2D eigenvalue weighted by Crippen LogP contribution is 2.34. The Kier molecular flexibility index (Phi) is 4.69. The number of piperidine rings is 2. The summed E-state index contributed by atoms with van der Waals surface area (Å²) in [6.45, 7) is 8.50. The zero-order valence-electron chi connectivity index (χ0n) is 18.4. The van der Waals surface area contributed by atoms with Gasteiger partial charge in [0.25, 0.3) is 5.91 Å². The van der Waals surface area contributed by atoms with Gasteiger partial charge in [-0.05, 0) is 30.4 Å². The first-order valence-electron chi connectivity index (χ1n) is 10.8. The Morgan fingerprint density at radius 3 is 2.61 bits per heavy atom. The van der Waals surface area contributed by atoms with E-state index >= 15 is 0 Å². The third-order valence-corrected chi connectivity index (χ3v) is 7.09. The van der Waals surface area contributed by atoms with Crippen LogP contribution < -0.4 is 10.6 Å². The first kappa shape index (κ1) is 20.2. The molecule has 3 aliphatic rings. The number of imidazole rings is 1. The zero-order chi connectivity index (χ0) is 21.9. The molecule has 0 spiro atoms. The number of hydrogen-bond acceptors (Lipinski definition) is 6. The Morgan fingerprint density at radius 1 is 1.19 bits per heavy atom. The SMILES string of the molecule is Cn1c(=O)n(CC(C)(C)C)c2ccc(N3CC4CCC3CN4C(=O)c3cncs3)nc21. The Hall–Kier alpha value is -2.68. The molecule has 3 saturated heterocycles. The number of pyridine rings is 1. The molecule has 0 radical (unpaired) electrons. The number of thiazole rings is 1. The van der Waals surface area contributed by atoms with Crippen molar-refractivity contribution in [3.05, 3.63) is 39.2 Å². The van der Waals surface area contributed by atoms with E-state index in [0.717, 1.165) is 30.7 Å². The molecule has 3 aliphatic heterocycles. The number of rotatable bonds is 3. The smallest absolute Gasteiger partial charge is 0.330 e. The van der Waals surface area contributed by atoms with Gasteiger partial charge in [0, 0.05) is 38.8 Å². The number of amides is 1. The first-order chi connectivity index (χ1) is 14.7. The molecular formula is C22H28N6O2S. The lowest BCUT2D eigenvalue weighted by molar-refractivity contribution is 0.0509. The molecule has 31 heavy (non-hydrogen) atoms. The van der Waals surface area contributed by atoms with Gasteiger partial charge in [-0.3, -0.25) is 18.9 Å². The van der Waals surface area contributed by atoms with Gasteiger partial charge in [-0.25, -0.2) is 9.78 Å². The van der Waals surface area contributed by atoms with Crippen molar-refractivity contribution in [2.24, 2.45) is 12.5 Å². The van der Waals surface area contributed by atoms with Crippen molar-refractivity contribution in [3.63, 3.8) is 0 Å². The summed E-state index contributed by atoms with van der Waals surface area (Å²) in [5.41, 5.74) is 3.26. The van der Waals surface area contributed by atoms with E-state index in [1.54, 1.807) is 23.3 Å². The molecule has 0 aromatic carbocycles. The summed E-state index contributed by atoms with van der Waals surface area (Å²) in [5.74, 6) is 0.970. The van der Waals surface area contributed by atoms with Crippen molar-refractivity contribution in [3.8, 4) is 0 Å². The van der Waals surface area contributed by atoms with Gasteiger partial charge < -0.3 is 9.80 Å². The fourth-order valence-corrected chi connectivity index (χ4v) is 5.45. The van der Waals surface area contributed by atoms with Gasteiger partial charge in [-0.15, -0.1) is 11.3 Å². The Labute approximate surface area is 185 Å². The van der Waals surface area contributed by atoms with E-state index in [4.69, 9.17) is 4.98 Å². The summed E-state index contributed by atoms with van der Waals surface area (Å²) < 4.78 is 3.47. The molecule has 1 amide bonds. The predicted molar refractivity (Wildman–Crippen MR) is 122 cm³/mol. The van der Waals surface area contributed by atoms with Crippen LogP contribution in [0.4, 0.5) is 5.82 Å². The molecule has 6 heterocycles. The molecule has 0 saturated carbocycles. The monoisotopic (exact) mass is 440 g/mol. The molecule has 0 aliphatic carbocycles. The van der Waals surface area contributed by atoms with Crippen LogP contribution in [0.5, 0.6) is 0 Å². The summed E-state index contributed by atoms with van der Waals surface area (Å²) >= 11 is 1.40. The maximum atomic E-state index is 12.9. The molecule has 164 valence electrons. The fraction of sp³-hybridized carbons (Fsp3) is 0.545. The third-order valence-electron chi connectivity index (χ3n) is 6.33. The number of anilines is 1. The Balaban J connectivity index is 1.44. The highest BCUT2D eigenvalue weighted by atomic mass is 32.1. The minimum Gasteiger partial charge on any atom is -0.350 e. The molecule has 8 nitrogen and oxygen atoms in total. The largest absolute Gasteiger partial charge is 0.350 e. The van der Waals surface area contributed by atoms with Gasteiger partial charge in [0.15, 0.2) is 5.65 Å². The van der Waals surface area contributed by atoms with Gasteiger partial charge in [0.05, 0.1) is 17.2 Å². The van der Waals surface area contributed by atoms with Gasteiger partial charge >= 0.3 is 5.69 Å². The third kappa shape index (κ3) is 3.44. The maximum Gasteiger partial charge on any atom is 0.330 e. The summed E-state index contributed by atoms with van der Waals surface area (Å²) in [7, 11) is 1.79. The summed E-state index contributed by atoms with van der Waals surface area (Å²) in [6, 6.07) is 4.46. The molecule has 3 aromatic heterocycles. The second-order valence-corrected chi connectivity index (χ2v) is 10.7. The second-order valence-electron chi connectivity index (χ2n) is 9.86. The molecule has 2 bridgehead atoms. The highest BCUT2D eigenvalue weighted by molar-refractivity contribution is 7.11. The molecule has 2 unspecified atom stereocenters.